The van der Waals surface area contributed by atoms with Gasteiger partial charge in [0.05, 0.1) is 0 Å². The molecule has 0 spiro atoms. The molecule has 3 nitrogen and oxygen atoms in total. The zero-order chi connectivity index (χ0) is 9.40. The zero-order valence-electron chi connectivity index (χ0n) is 7.80. The summed E-state index contributed by atoms with van der Waals surface area (Å²) in [5, 5.41) is 2.51. The molecule has 0 saturated carbocycles. The highest BCUT2D eigenvalue weighted by Crippen LogP contribution is 2.09. The van der Waals surface area contributed by atoms with Gasteiger partial charge in [0, 0.05) is 19.4 Å². The third kappa shape index (κ3) is 4.88. The minimum Gasteiger partial charge on any atom is -0.359 e. The molecule has 0 aromatic carbocycles. The highest BCUT2D eigenvalue weighted by molar-refractivity contribution is 5.78. The second-order valence-electron chi connectivity index (χ2n) is 2.92. The molecular weight excluding hydrogens is 154 g/mol. The first-order valence-corrected chi connectivity index (χ1v) is 4.40. The first-order valence-electron chi connectivity index (χ1n) is 4.40. The molecule has 0 aliphatic rings. The van der Waals surface area contributed by atoms with Crippen LogP contribution in [-0.2, 0) is 9.59 Å². The minimum atomic E-state index is -0.0927. The molecule has 1 atom stereocenters. The third-order valence-electron chi connectivity index (χ3n) is 1.85. The number of amides is 1. The van der Waals surface area contributed by atoms with Crippen LogP contribution < -0.4 is 5.32 Å². The van der Waals surface area contributed by atoms with Crippen molar-refractivity contribution >= 4 is 12.2 Å². The molecule has 0 rings (SSSR count). The molecule has 1 unspecified atom stereocenters. The minimum absolute atomic E-state index is 0.0526. The molecule has 1 N–H and O–H groups in total. The number of hydrogen-bond donors (Lipinski definition) is 1. The summed E-state index contributed by atoms with van der Waals surface area (Å²) < 4.78 is 0. The van der Waals surface area contributed by atoms with E-state index in [9.17, 15) is 9.59 Å². The standard InChI is InChI=1S/C9H17NO2/c1-3-4-5-8(7-11)6-9(12)10-2/h7-8H,3-6H2,1-2H3,(H,10,12). The van der Waals surface area contributed by atoms with Crippen molar-refractivity contribution in [3.05, 3.63) is 0 Å². The fourth-order valence-corrected chi connectivity index (χ4v) is 1.02. The molecule has 70 valence electrons. The second kappa shape index (κ2) is 6.83. The van der Waals surface area contributed by atoms with Crippen molar-refractivity contribution in [3.8, 4) is 0 Å². The van der Waals surface area contributed by atoms with Gasteiger partial charge in [0.25, 0.3) is 0 Å². The molecule has 0 aromatic heterocycles. The molecule has 0 aliphatic carbocycles. The maximum atomic E-state index is 10.9. The van der Waals surface area contributed by atoms with Gasteiger partial charge in [-0.3, -0.25) is 4.79 Å². The van der Waals surface area contributed by atoms with Crippen LogP contribution in [0.4, 0.5) is 0 Å². The highest BCUT2D eigenvalue weighted by atomic mass is 16.1. The van der Waals surface area contributed by atoms with Crippen LogP contribution in [0.25, 0.3) is 0 Å². The number of rotatable bonds is 6. The van der Waals surface area contributed by atoms with Crippen molar-refractivity contribution < 1.29 is 9.59 Å². The SMILES string of the molecule is CCCCC(C=O)CC(=O)NC. The van der Waals surface area contributed by atoms with Crippen LogP contribution >= 0.6 is 0 Å². The number of carbonyl (C=O) groups excluding carboxylic acids is 2. The van der Waals surface area contributed by atoms with E-state index in [0.717, 1.165) is 25.5 Å². The van der Waals surface area contributed by atoms with E-state index < -0.39 is 0 Å². The number of carbonyl (C=O) groups is 2. The van der Waals surface area contributed by atoms with Crippen molar-refractivity contribution in [1.29, 1.82) is 0 Å². The highest BCUT2D eigenvalue weighted by Gasteiger charge is 2.10. The lowest BCUT2D eigenvalue weighted by Crippen LogP contribution is -2.21. The number of aldehydes is 1. The summed E-state index contributed by atoms with van der Waals surface area (Å²) in [5.74, 6) is -0.145. The molecule has 0 aromatic rings. The molecule has 0 aliphatic heterocycles. The molecule has 0 saturated heterocycles. The maximum Gasteiger partial charge on any atom is 0.220 e. The predicted octanol–water partition coefficient (Wildman–Crippen LogP) is 1.13. The lowest BCUT2D eigenvalue weighted by Gasteiger charge is -2.07. The van der Waals surface area contributed by atoms with Crippen LogP contribution in [-0.4, -0.2) is 19.2 Å². The maximum absolute atomic E-state index is 10.9. The zero-order valence-corrected chi connectivity index (χ0v) is 7.80. The van der Waals surface area contributed by atoms with Gasteiger partial charge in [-0.05, 0) is 6.42 Å². The Labute approximate surface area is 73.5 Å². The first kappa shape index (κ1) is 11.1. The lowest BCUT2D eigenvalue weighted by atomic mass is 10.00. The van der Waals surface area contributed by atoms with E-state index >= 15 is 0 Å². The van der Waals surface area contributed by atoms with Crippen LogP contribution in [0.5, 0.6) is 0 Å². The molecule has 0 bridgehead atoms. The Morgan fingerprint density at radius 2 is 2.25 bits per heavy atom. The van der Waals surface area contributed by atoms with E-state index in [1.807, 2.05) is 0 Å². The monoisotopic (exact) mass is 171 g/mol. The van der Waals surface area contributed by atoms with E-state index in [1.54, 1.807) is 7.05 Å². The summed E-state index contributed by atoms with van der Waals surface area (Å²) in [7, 11) is 1.59. The molecule has 12 heavy (non-hydrogen) atoms. The Bertz CT molecular complexity index is 145. The first-order chi connectivity index (χ1) is 5.74. The summed E-state index contributed by atoms with van der Waals surface area (Å²) in [6.07, 6.45) is 4.12. The van der Waals surface area contributed by atoms with Gasteiger partial charge in [0.1, 0.15) is 6.29 Å². The molecule has 3 heteroatoms. The van der Waals surface area contributed by atoms with Gasteiger partial charge in [-0.25, -0.2) is 0 Å². The Morgan fingerprint density at radius 3 is 2.67 bits per heavy atom. The van der Waals surface area contributed by atoms with Crippen LogP contribution in [0.3, 0.4) is 0 Å². The molecule has 0 radical (unpaired) electrons. The average Bonchev–Trinajstić information content (AvgIpc) is 2.11. The number of nitrogens with one attached hydrogen (secondary N) is 1. The van der Waals surface area contributed by atoms with Crippen molar-refractivity contribution in [2.24, 2.45) is 5.92 Å². The molecule has 0 fully saturated rings. The third-order valence-corrected chi connectivity index (χ3v) is 1.85. The lowest BCUT2D eigenvalue weighted by molar-refractivity contribution is -0.124. The van der Waals surface area contributed by atoms with Gasteiger partial charge in [-0.15, -0.1) is 0 Å². The van der Waals surface area contributed by atoms with E-state index in [4.69, 9.17) is 0 Å². The summed E-state index contributed by atoms with van der Waals surface area (Å²) >= 11 is 0. The topological polar surface area (TPSA) is 46.2 Å². The molecule has 0 heterocycles. The van der Waals surface area contributed by atoms with Gasteiger partial charge in [-0.2, -0.15) is 0 Å². The predicted molar refractivity (Wildman–Crippen MR) is 47.8 cm³/mol. The summed E-state index contributed by atoms with van der Waals surface area (Å²) in [6, 6.07) is 0. The van der Waals surface area contributed by atoms with E-state index in [0.29, 0.717) is 6.42 Å². The van der Waals surface area contributed by atoms with Crippen LogP contribution in [0, 0.1) is 5.92 Å². The van der Waals surface area contributed by atoms with Crippen LogP contribution in [0.15, 0.2) is 0 Å². The summed E-state index contributed by atoms with van der Waals surface area (Å²) in [6.45, 7) is 2.07. The van der Waals surface area contributed by atoms with Crippen molar-refractivity contribution in [3.63, 3.8) is 0 Å². The van der Waals surface area contributed by atoms with Gasteiger partial charge >= 0.3 is 0 Å². The van der Waals surface area contributed by atoms with Gasteiger partial charge in [-0.1, -0.05) is 19.8 Å². The number of unbranched alkanes of at least 4 members (excludes halogenated alkanes) is 1. The smallest absolute Gasteiger partial charge is 0.220 e. The Balaban J connectivity index is 3.66. The average molecular weight is 171 g/mol. The van der Waals surface area contributed by atoms with Crippen molar-refractivity contribution in [2.75, 3.05) is 7.05 Å². The van der Waals surface area contributed by atoms with Gasteiger partial charge in [0.2, 0.25) is 5.91 Å². The summed E-state index contributed by atoms with van der Waals surface area (Å²) in [4.78, 5) is 21.4. The van der Waals surface area contributed by atoms with Crippen LogP contribution in [0.2, 0.25) is 0 Å². The molecule has 1 amide bonds. The quantitative estimate of drug-likeness (QED) is 0.609. The van der Waals surface area contributed by atoms with Gasteiger partial charge < -0.3 is 10.1 Å². The van der Waals surface area contributed by atoms with Crippen LogP contribution in [0.1, 0.15) is 32.6 Å². The normalized spacial score (nSPS) is 12.2. The fraction of sp³-hybridized carbons (Fsp3) is 0.778. The second-order valence-corrected chi connectivity index (χ2v) is 2.92. The van der Waals surface area contributed by atoms with Crippen molar-refractivity contribution in [1.82, 2.24) is 5.32 Å². The Morgan fingerprint density at radius 1 is 1.58 bits per heavy atom. The largest absolute Gasteiger partial charge is 0.359 e. The Hall–Kier alpha value is -0.860. The Kier molecular flexibility index (Phi) is 6.34. The van der Waals surface area contributed by atoms with E-state index in [-0.39, 0.29) is 11.8 Å². The summed E-state index contributed by atoms with van der Waals surface area (Å²) in [5.41, 5.74) is 0. The fourth-order valence-electron chi connectivity index (χ4n) is 1.02. The number of hydrogen-bond acceptors (Lipinski definition) is 2. The van der Waals surface area contributed by atoms with Crippen molar-refractivity contribution in [2.45, 2.75) is 32.6 Å². The van der Waals surface area contributed by atoms with E-state index in [2.05, 4.69) is 12.2 Å². The van der Waals surface area contributed by atoms with Gasteiger partial charge in [0.15, 0.2) is 0 Å². The molecular formula is C9H17NO2. The van der Waals surface area contributed by atoms with E-state index in [1.165, 1.54) is 0 Å².